The summed E-state index contributed by atoms with van der Waals surface area (Å²) < 4.78 is 13.7. The molecule has 0 spiro atoms. The van der Waals surface area contributed by atoms with Crippen LogP contribution in [-0.4, -0.2) is 23.9 Å². The highest BCUT2D eigenvalue weighted by atomic mass is 35.5. The second-order valence-corrected chi connectivity index (χ2v) is 5.33. The minimum absolute atomic E-state index is 0.00807. The van der Waals surface area contributed by atoms with Gasteiger partial charge in [-0.3, -0.25) is 4.79 Å². The zero-order valence-electron chi connectivity index (χ0n) is 10.5. The van der Waals surface area contributed by atoms with E-state index in [1.807, 2.05) is 0 Å². The first-order valence-corrected chi connectivity index (χ1v) is 6.70. The average Bonchev–Trinajstić information content (AvgIpc) is 2.53. The van der Waals surface area contributed by atoms with E-state index in [1.165, 1.54) is 12.1 Å². The Labute approximate surface area is 112 Å². The molecule has 0 aliphatic carbocycles. The van der Waals surface area contributed by atoms with Gasteiger partial charge in [0.15, 0.2) is 0 Å². The summed E-state index contributed by atoms with van der Waals surface area (Å²) in [6.45, 7) is 3.56. The van der Waals surface area contributed by atoms with Crippen molar-refractivity contribution in [2.45, 2.75) is 26.2 Å². The average molecular weight is 270 g/mol. The van der Waals surface area contributed by atoms with Gasteiger partial charge in [0, 0.05) is 13.1 Å². The maximum absolute atomic E-state index is 13.7. The van der Waals surface area contributed by atoms with E-state index < -0.39 is 5.82 Å². The van der Waals surface area contributed by atoms with Gasteiger partial charge in [-0.2, -0.15) is 0 Å². The van der Waals surface area contributed by atoms with Crippen molar-refractivity contribution in [3.8, 4) is 0 Å². The number of carbonyl (C=O) groups is 1. The third-order valence-corrected chi connectivity index (χ3v) is 3.80. The van der Waals surface area contributed by atoms with Gasteiger partial charge in [-0.1, -0.05) is 24.6 Å². The SMILES string of the molecule is CC1CCCN(C(=O)c2c(F)cccc2Cl)CC1. The first-order valence-electron chi connectivity index (χ1n) is 6.33. The molecule has 0 N–H and O–H groups in total. The summed E-state index contributed by atoms with van der Waals surface area (Å²) >= 11 is 5.93. The van der Waals surface area contributed by atoms with Crippen LogP contribution in [0.3, 0.4) is 0 Å². The lowest BCUT2D eigenvalue weighted by Crippen LogP contribution is -2.32. The largest absolute Gasteiger partial charge is 0.339 e. The fourth-order valence-corrected chi connectivity index (χ4v) is 2.57. The van der Waals surface area contributed by atoms with Crippen molar-refractivity contribution in [3.05, 3.63) is 34.6 Å². The number of likely N-dealkylation sites (tertiary alicyclic amines) is 1. The van der Waals surface area contributed by atoms with Gasteiger partial charge in [0.05, 0.1) is 10.6 Å². The summed E-state index contributed by atoms with van der Waals surface area (Å²) in [7, 11) is 0. The van der Waals surface area contributed by atoms with Crippen LogP contribution < -0.4 is 0 Å². The van der Waals surface area contributed by atoms with Crippen LogP contribution in [-0.2, 0) is 0 Å². The molecule has 1 unspecified atom stereocenters. The van der Waals surface area contributed by atoms with Crippen molar-refractivity contribution in [3.63, 3.8) is 0 Å². The van der Waals surface area contributed by atoms with Gasteiger partial charge < -0.3 is 4.90 Å². The van der Waals surface area contributed by atoms with E-state index >= 15 is 0 Å². The number of carbonyl (C=O) groups excluding carboxylic acids is 1. The van der Waals surface area contributed by atoms with Gasteiger partial charge in [-0.25, -0.2) is 4.39 Å². The number of nitrogens with zero attached hydrogens (tertiary/aromatic N) is 1. The van der Waals surface area contributed by atoms with E-state index in [-0.39, 0.29) is 16.5 Å². The quantitative estimate of drug-likeness (QED) is 0.760. The normalized spacial score (nSPS) is 20.6. The fraction of sp³-hybridized carbons (Fsp3) is 0.500. The van der Waals surface area contributed by atoms with E-state index in [0.29, 0.717) is 19.0 Å². The van der Waals surface area contributed by atoms with Gasteiger partial charge >= 0.3 is 0 Å². The van der Waals surface area contributed by atoms with Crippen molar-refractivity contribution in [2.24, 2.45) is 5.92 Å². The van der Waals surface area contributed by atoms with Crippen molar-refractivity contribution in [1.82, 2.24) is 4.90 Å². The monoisotopic (exact) mass is 269 g/mol. The van der Waals surface area contributed by atoms with Crippen LogP contribution in [0, 0.1) is 11.7 Å². The number of hydrogen-bond acceptors (Lipinski definition) is 1. The Morgan fingerprint density at radius 1 is 1.39 bits per heavy atom. The summed E-state index contributed by atoms with van der Waals surface area (Å²) in [5, 5.41) is 0.192. The van der Waals surface area contributed by atoms with Crippen molar-refractivity contribution in [2.75, 3.05) is 13.1 Å². The third kappa shape index (κ3) is 2.83. The Hall–Kier alpha value is -1.09. The summed E-state index contributed by atoms with van der Waals surface area (Å²) in [5.41, 5.74) is 0.00807. The van der Waals surface area contributed by atoms with Gasteiger partial charge in [0.1, 0.15) is 5.82 Å². The predicted octanol–water partition coefficient (Wildman–Crippen LogP) is 3.74. The van der Waals surface area contributed by atoms with E-state index in [9.17, 15) is 9.18 Å². The second-order valence-electron chi connectivity index (χ2n) is 4.92. The summed E-state index contributed by atoms with van der Waals surface area (Å²) in [6.07, 6.45) is 3.06. The molecular weight excluding hydrogens is 253 g/mol. The third-order valence-electron chi connectivity index (χ3n) is 3.48. The Morgan fingerprint density at radius 3 is 2.89 bits per heavy atom. The van der Waals surface area contributed by atoms with Crippen LogP contribution in [0.1, 0.15) is 36.5 Å². The molecule has 98 valence electrons. The summed E-state index contributed by atoms with van der Waals surface area (Å²) in [5.74, 6) is -0.198. The smallest absolute Gasteiger partial charge is 0.258 e. The Kier molecular flexibility index (Phi) is 4.23. The van der Waals surface area contributed by atoms with E-state index in [2.05, 4.69) is 6.92 Å². The number of amides is 1. The minimum Gasteiger partial charge on any atom is -0.339 e. The first-order chi connectivity index (χ1) is 8.59. The molecule has 1 aromatic rings. The molecule has 1 amide bonds. The van der Waals surface area contributed by atoms with Crippen LogP contribution in [0.25, 0.3) is 0 Å². The molecule has 1 aliphatic heterocycles. The number of benzene rings is 1. The van der Waals surface area contributed by atoms with Crippen LogP contribution in [0.15, 0.2) is 18.2 Å². The number of halogens is 2. The first kappa shape index (κ1) is 13.3. The predicted molar refractivity (Wildman–Crippen MR) is 70.3 cm³/mol. The molecule has 0 saturated carbocycles. The minimum atomic E-state index is -0.537. The lowest BCUT2D eigenvalue weighted by atomic mass is 10.0. The van der Waals surface area contributed by atoms with Gasteiger partial charge in [0.25, 0.3) is 5.91 Å². The molecule has 1 aliphatic rings. The fourth-order valence-electron chi connectivity index (χ4n) is 2.33. The zero-order chi connectivity index (χ0) is 13.1. The van der Waals surface area contributed by atoms with Crippen molar-refractivity contribution < 1.29 is 9.18 Å². The molecule has 2 nitrogen and oxygen atoms in total. The van der Waals surface area contributed by atoms with Crippen LogP contribution in [0.4, 0.5) is 4.39 Å². The molecule has 1 fully saturated rings. The summed E-state index contributed by atoms with van der Waals surface area (Å²) in [6, 6.07) is 4.34. The highest BCUT2D eigenvalue weighted by Crippen LogP contribution is 2.23. The van der Waals surface area contributed by atoms with Gasteiger partial charge in [-0.15, -0.1) is 0 Å². The molecule has 4 heteroatoms. The summed E-state index contributed by atoms with van der Waals surface area (Å²) in [4.78, 5) is 14.0. The second kappa shape index (κ2) is 5.70. The standard InChI is InChI=1S/C14H17ClFNO/c1-10-4-3-8-17(9-7-10)14(18)13-11(15)5-2-6-12(13)16/h2,5-6,10H,3-4,7-9H2,1H3. The number of rotatable bonds is 1. The van der Waals surface area contributed by atoms with Crippen LogP contribution in [0.2, 0.25) is 5.02 Å². The highest BCUT2D eigenvalue weighted by Gasteiger charge is 2.23. The lowest BCUT2D eigenvalue weighted by Gasteiger charge is -2.21. The van der Waals surface area contributed by atoms with E-state index in [1.54, 1.807) is 11.0 Å². The van der Waals surface area contributed by atoms with E-state index in [4.69, 9.17) is 11.6 Å². The van der Waals surface area contributed by atoms with Crippen molar-refractivity contribution in [1.29, 1.82) is 0 Å². The molecule has 0 aromatic heterocycles. The molecule has 1 saturated heterocycles. The van der Waals surface area contributed by atoms with E-state index in [0.717, 1.165) is 19.3 Å². The number of hydrogen-bond donors (Lipinski definition) is 0. The van der Waals surface area contributed by atoms with Gasteiger partial charge in [0.2, 0.25) is 0 Å². The Morgan fingerprint density at radius 2 is 2.17 bits per heavy atom. The van der Waals surface area contributed by atoms with Gasteiger partial charge in [-0.05, 0) is 37.3 Å². The maximum Gasteiger partial charge on any atom is 0.258 e. The molecular formula is C14H17ClFNO. The highest BCUT2D eigenvalue weighted by molar-refractivity contribution is 6.33. The maximum atomic E-state index is 13.7. The molecule has 0 bridgehead atoms. The molecule has 1 heterocycles. The Balaban J connectivity index is 2.20. The van der Waals surface area contributed by atoms with Crippen LogP contribution in [0.5, 0.6) is 0 Å². The topological polar surface area (TPSA) is 20.3 Å². The molecule has 1 atom stereocenters. The van der Waals surface area contributed by atoms with Crippen molar-refractivity contribution >= 4 is 17.5 Å². The lowest BCUT2D eigenvalue weighted by molar-refractivity contribution is 0.0756. The molecule has 2 rings (SSSR count). The zero-order valence-corrected chi connectivity index (χ0v) is 11.2. The van der Waals surface area contributed by atoms with Crippen LogP contribution >= 0.6 is 11.6 Å². The molecule has 0 radical (unpaired) electrons. The Bertz CT molecular complexity index is 429. The molecule has 18 heavy (non-hydrogen) atoms. The molecule has 1 aromatic carbocycles.